The van der Waals surface area contributed by atoms with Crippen LogP contribution < -0.4 is 5.32 Å². The monoisotopic (exact) mass is 341 g/mol. The summed E-state index contributed by atoms with van der Waals surface area (Å²) < 4.78 is 1.71. The van der Waals surface area contributed by atoms with Gasteiger partial charge in [0.05, 0.1) is 34.6 Å². The van der Waals surface area contributed by atoms with E-state index in [0.29, 0.717) is 16.6 Å². The maximum Gasteiger partial charge on any atom is 0.229 e. The van der Waals surface area contributed by atoms with Crippen molar-refractivity contribution in [3.63, 3.8) is 0 Å². The molecule has 7 heteroatoms. The van der Waals surface area contributed by atoms with Crippen LogP contribution in [0.5, 0.6) is 5.75 Å². The predicted molar refractivity (Wildman–Crippen MR) is 87.6 cm³/mol. The number of phenolic OH excluding ortho intramolecular Hbond substituents is 1. The fraction of sp³-hybridized carbons (Fsp3) is 0.333. The van der Waals surface area contributed by atoms with Gasteiger partial charge in [-0.2, -0.15) is 5.10 Å². The lowest BCUT2D eigenvalue weighted by molar-refractivity contribution is -0.119. The van der Waals surface area contributed by atoms with Crippen molar-refractivity contribution in [3.05, 3.63) is 39.6 Å². The number of amides is 1. The van der Waals surface area contributed by atoms with E-state index in [1.165, 1.54) is 12.1 Å². The lowest BCUT2D eigenvalue weighted by atomic mass is 10.1. The van der Waals surface area contributed by atoms with Crippen molar-refractivity contribution in [2.75, 3.05) is 5.32 Å². The molecule has 1 aromatic heterocycles. The maximum absolute atomic E-state index is 12.2. The summed E-state index contributed by atoms with van der Waals surface area (Å²) in [4.78, 5) is 12.2. The summed E-state index contributed by atoms with van der Waals surface area (Å²) >= 11 is 12.0. The molecule has 1 heterocycles. The van der Waals surface area contributed by atoms with Crippen molar-refractivity contribution >= 4 is 34.8 Å². The van der Waals surface area contributed by atoms with Gasteiger partial charge in [0.15, 0.2) is 0 Å². The van der Waals surface area contributed by atoms with Gasteiger partial charge in [0, 0.05) is 5.02 Å². The molecule has 1 amide bonds. The van der Waals surface area contributed by atoms with E-state index < -0.39 is 0 Å². The molecule has 0 spiro atoms. The van der Waals surface area contributed by atoms with E-state index in [0.717, 1.165) is 11.4 Å². The molecule has 1 unspecified atom stereocenters. The number of carbonyl (C=O) groups is 1. The highest BCUT2D eigenvalue weighted by molar-refractivity contribution is 6.31. The van der Waals surface area contributed by atoms with E-state index in [2.05, 4.69) is 10.4 Å². The molecule has 0 saturated heterocycles. The lowest BCUT2D eigenvalue weighted by Crippen LogP contribution is -2.25. The Morgan fingerprint density at radius 2 is 2.09 bits per heavy atom. The third-order valence-corrected chi connectivity index (χ3v) is 4.19. The van der Waals surface area contributed by atoms with Crippen LogP contribution in [0.25, 0.3) is 0 Å². The second kappa shape index (κ2) is 6.58. The van der Waals surface area contributed by atoms with Gasteiger partial charge < -0.3 is 10.4 Å². The number of anilines is 1. The summed E-state index contributed by atoms with van der Waals surface area (Å²) in [5.41, 5.74) is 1.85. The van der Waals surface area contributed by atoms with Crippen LogP contribution in [0.3, 0.4) is 0 Å². The van der Waals surface area contributed by atoms with Crippen LogP contribution in [-0.4, -0.2) is 20.8 Å². The topological polar surface area (TPSA) is 67.2 Å². The molecule has 0 bridgehead atoms. The molecule has 0 radical (unpaired) electrons. The van der Waals surface area contributed by atoms with E-state index in [1.807, 2.05) is 13.8 Å². The summed E-state index contributed by atoms with van der Waals surface area (Å²) in [5, 5.41) is 17.7. The van der Waals surface area contributed by atoms with Crippen LogP contribution in [0.1, 0.15) is 18.3 Å². The second-order valence-electron chi connectivity index (χ2n) is 5.22. The number of nitrogens with one attached hydrogen (secondary N) is 1. The zero-order valence-electron chi connectivity index (χ0n) is 12.5. The van der Waals surface area contributed by atoms with Crippen molar-refractivity contribution in [2.24, 2.45) is 5.92 Å². The molecule has 0 saturated carbocycles. The third kappa shape index (κ3) is 3.54. The van der Waals surface area contributed by atoms with Crippen LogP contribution in [-0.2, 0) is 11.3 Å². The first-order chi connectivity index (χ1) is 10.3. The van der Waals surface area contributed by atoms with Crippen molar-refractivity contribution in [2.45, 2.75) is 27.3 Å². The van der Waals surface area contributed by atoms with E-state index in [9.17, 15) is 9.90 Å². The summed E-state index contributed by atoms with van der Waals surface area (Å²) in [6, 6.07) is 4.49. The van der Waals surface area contributed by atoms with Gasteiger partial charge in [0.25, 0.3) is 0 Å². The number of phenols is 1. The standard InChI is InChI=1S/C15H17Cl2N3O2/c1-8(7-20-10(3)14(17)9(2)19-20)15(22)18-12-6-11(16)4-5-13(12)21/h4-6,8,21H,7H2,1-3H3,(H,18,22). The minimum absolute atomic E-state index is 0.0286. The normalized spacial score (nSPS) is 12.2. The molecule has 0 aliphatic carbocycles. The van der Waals surface area contributed by atoms with E-state index in [-0.39, 0.29) is 23.3 Å². The summed E-state index contributed by atoms with van der Waals surface area (Å²) in [6.07, 6.45) is 0. The molecular formula is C15H17Cl2N3O2. The largest absolute Gasteiger partial charge is 0.506 e. The number of hydrogen-bond acceptors (Lipinski definition) is 3. The van der Waals surface area contributed by atoms with Crippen LogP contribution in [0.2, 0.25) is 10.0 Å². The van der Waals surface area contributed by atoms with Gasteiger partial charge in [-0.25, -0.2) is 0 Å². The van der Waals surface area contributed by atoms with Gasteiger partial charge in [-0.15, -0.1) is 0 Å². The quantitative estimate of drug-likeness (QED) is 0.831. The first-order valence-electron chi connectivity index (χ1n) is 6.78. The lowest BCUT2D eigenvalue weighted by Gasteiger charge is -2.14. The number of benzene rings is 1. The molecule has 5 nitrogen and oxygen atoms in total. The molecule has 118 valence electrons. The zero-order valence-corrected chi connectivity index (χ0v) is 14.0. The van der Waals surface area contributed by atoms with Crippen molar-refractivity contribution < 1.29 is 9.90 Å². The van der Waals surface area contributed by atoms with Crippen molar-refractivity contribution in [1.82, 2.24) is 9.78 Å². The first-order valence-corrected chi connectivity index (χ1v) is 7.54. The molecule has 0 fully saturated rings. The zero-order chi connectivity index (χ0) is 16.4. The first kappa shape index (κ1) is 16.6. The fourth-order valence-electron chi connectivity index (χ4n) is 2.06. The summed E-state index contributed by atoms with van der Waals surface area (Å²) in [6.45, 7) is 5.85. The molecule has 0 aliphatic rings. The van der Waals surface area contributed by atoms with Crippen LogP contribution in [0.4, 0.5) is 5.69 Å². The minimum atomic E-state index is -0.354. The highest BCUT2D eigenvalue weighted by Crippen LogP contribution is 2.27. The summed E-state index contributed by atoms with van der Waals surface area (Å²) in [7, 11) is 0. The molecule has 2 N–H and O–H groups in total. The number of carbonyl (C=O) groups excluding carboxylic acids is 1. The number of aryl methyl sites for hydroxylation is 1. The van der Waals surface area contributed by atoms with E-state index in [1.54, 1.807) is 17.7 Å². The number of aromatic nitrogens is 2. The Bertz CT molecular complexity index is 713. The van der Waals surface area contributed by atoms with Crippen molar-refractivity contribution in [3.8, 4) is 5.75 Å². The highest BCUT2D eigenvalue weighted by Gasteiger charge is 2.18. The Labute approximate surface area is 138 Å². The number of rotatable bonds is 4. The maximum atomic E-state index is 12.2. The van der Waals surface area contributed by atoms with Crippen LogP contribution >= 0.6 is 23.2 Å². The Balaban J connectivity index is 2.09. The number of halogens is 2. The SMILES string of the molecule is Cc1nn(CC(C)C(=O)Nc2cc(Cl)ccc2O)c(C)c1Cl. The van der Waals surface area contributed by atoms with Gasteiger partial charge in [0.1, 0.15) is 5.75 Å². The number of aromatic hydroxyl groups is 1. The molecule has 22 heavy (non-hydrogen) atoms. The minimum Gasteiger partial charge on any atom is -0.506 e. The fourth-order valence-corrected chi connectivity index (χ4v) is 2.37. The molecule has 2 rings (SSSR count). The van der Waals surface area contributed by atoms with Gasteiger partial charge in [-0.05, 0) is 32.0 Å². The number of hydrogen-bond donors (Lipinski definition) is 2. The van der Waals surface area contributed by atoms with Gasteiger partial charge in [-0.3, -0.25) is 9.48 Å². The van der Waals surface area contributed by atoms with Gasteiger partial charge in [-0.1, -0.05) is 30.1 Å². The Kier molecular flexibility index (Phi) is 4.98. The smallest absolute Gasteiger partial charge is 0.229 e. The van der Waals surface area contributed by atoms with Gasteiger partial charge >= 0.3 is 0 Å². The molecule has 2 aromatic rings. The molecular weight excluding hydrogens is 325 g/mol. The Morgan fingerprint density at radius 3 is 2.68 bits per heavy atom. The van der Waals surface area contributed by atoms with E-state index >= 15 is 0 Å². The van der Waals surface area contributed by atoms with Crippen LogP contribution in [0, 0.1) is 19.8 Å². The second-order valence-corrected chi connectivity index (χ2v) is 6.03. The Morgan fingerprint density at radius 1 is 1.41 bits per heavy atom. The molecule has 1 aromatic carbocycles. The molecule has 0 aliphatic heterocycles. The summed E-state index contributed by atoms with van der Waals surface area (Å²) in [5.74, 6) is -0.618. The van der Waals surface area contributed by atoms with Crippen molar-refractivity contribution in [1.29, 1.82) is 0 Å². The van der Waals surface area contributed by atoms with E-state index in [4.69, 9.17) is 23.2 Å². The highest BCUT2D eigenvalue weighted by atomic mass is 35.5. The predicted octanol–water partition coefficient (Wildman–Crippen LogP) is 3.79. The average Bonchev–Trinajstić information content (AvgIpc) is 2.70. The van der Waals surface area contributed by atoms with Crippen LogP contribution in [0.15, 0.2) is 18.2 Å². The number of nitrogens with zero attached hydrogens (tertiary/aromatic N) is 2. The Hall–Kier alpha value is -1.72. The molecule has 1 atom stereocenters. The third-order valence-electron chi connectivity index (χ3n) is 3.40. The van der Waals surface area contributed by atoms with Gasteiger partial charge in [0.2, 0.25) is 5.91 Å². The average molecular weight is 342 g/mol.